The van der Waals surface area contributed by atoms with Crippen molar-refractivity contribution in [2.24, 2.45) is 0 Å². The van der Waals surface area contributed by atoms with Crippen molar-refractivity contribution in [1.82, 2.24) is 0 Å². The molecule has 0 aromatic heterocycles. The van der Waals surface area contributed by atoms with Crippen LogP contribution in [0.2, 0.25) is 0 Å². The molecule has 1 aliphatic carbocycles. The van der Waals surface area contributed by atoms with Crippen molar-refractivity contribution in [3.63, 3.8) is 0 Å². The van der Waals surface area contributed by atoms with Crippen molar-refractivity contribution in [2.75, 3.05) is 12.4 Å². The second-order valence-electron chi connectivity index (χ2n) is 4.41. The van der Waals surface area contributed by atoms with Gasteiger partial charge in [0.1, 0.15) is 11.8 Å². The predicted octanol–water partition coefficient (Wildman–Crippen LogP) is 2.08. The summed E-state index contributed by atoms with van der Waals surface area (Å²) in [6.07, 6.45) is 7.35. The monoisotopic (exact) mass is 259 g/mol. The van der Waals surface area contributed by atoms with E-state index >= 15 is 0 Å². The van der Waals surface area contributed by atoms with Crippen LogP contribution >= 0.6 is 0 Å². The zero-order valence-corrected chi connectivity index (χ0v) is 10.2. The minimum Gasteiger partial charge on any atom is -0.504 e. The van der Waals surface area contributed by atoms with Gasteiger partial charge in [-0.2, -0.15) is 0 Å². The van der Waals surface area contributed by atoms with Crippen LogP contribution in [-0.4, -0.2) is 28.5 Å². The zero-order valence-electron chi connectivity index (χ0n) is 10.2. The molecular weight excluding hydrogens is 246 g/mol. The minimum atomic E-state index is -0.516. The quantitative estimate of drug-likeness (QED) is 0.458. The van der Waals surface area contributed by atoms with E-state index in [1.807, 2.05) is 18.2 Å². The van der Waals surface area contributed by atoms with Crippen molar-refractivity contribution in [2.45, 2.75) is 6.04 Å². The highest BCUT2D eigenvalue weighted by Crippen LogP contribution is 2.46. The van der Waals surface area contributed by atoms with Crippen molar-refractivity contribution in [3.05, 3.63) is 41.2 Å². The molecule has 1 aromatic rings. The van der Waals surface area contributed by atoms with E-state index < -0.39 is 5.75 Å². The number of phenols is 3. The lowest BCUT2D eigenvalue weighted by atomic mass is 9.92. The number of phenolic OH excluding ortho intramolecular Hbond substituents is 3. The molecule has 1 aliphatic heterocycles. The maximum Gasteiger partial charge on any atom is 0.201 e. The van der Waals surface area contributed by atoms with Crippen molar-refractivity contribution >= 4 is 11.8 Å². The van der Waals surface area contributed by atoms with Gasteiger partial charge in [0, 0.05) is 17.3 Å². The third kappa shape index (κ3) is 1.62. The Morgan fingerprint density at radius 2 is 2.00 bits per heavy atom. The molecule has 0 radical (unpaired) electrons. The average Bonchev–Trinajstić information content (AvgIpc) is 2.43. The largest absolute Gasteiger partial charge is 0.504 e. The van der Waals surface area contributed by atoms with Gasteiger partial charge in [-0.25, -0.2) is 0 Å². The van der Waals surface area contributed by atoms with Crippen molar-refractivity contribution < 1.29 is 20.1 Å². The first-order valence-electron chi connectivity index (χ1n) is 5.80. The van der Waals surface area contributed by atoms with E-state index in [9.17, 15) is 15.3 Å². The lowest BCUT2D eigenvalue weighted by molar-refractivity contribution is 0.276. The van der Waals surface area contributed by atoms with Gasteiger partial charge in [-0.3, -0.25) is 0 Å². The van der Waals surface area contributed by atoms with Gasteiger partial charge in [-0.1, -0.05) is 12.2 Å². The molecule has 4 N–H and O–H groups in total. The van der Waals surface area contributed by atoms with E-state index in [1.54, 1.807) is 13.2 Å². The number of anilines is 1. The Hall–Kier alpha value is -2.56. The van der Waals surface area contributed by atoms with E-state index in [-0.39, 0.29) is 17.5 Å². The summed E-state index contributed by atoms with van der Waals surface area (Å²) < 4.78 is 5.29. The molecule has 1 atom stereocenters. The molecule has 0 saturated heterocycles. The fourth-order valence-corrected chi connectivity index (χ4v) is 2.33. The summed E-state index contributed by atoms with van der Waals surface area (Å²) in [5, 5.41) is 32.1. The smallest absolute Gasteiger partial charge is 0.201 e. The summed E-state index contributed by atoms with van der Waals surface area (Å²) in [5.41, 5.74) is 1.90. The number of hydrogen-bond donors (Lipinski definition) is 4. The van der Waals surface area contributed by atoms with Crippen LogP contribution in [0.4, 0.5) is 5.69 Å². The molecule has 0 saturated carbocycles. The highest BCUT2D eigenvalue weighted by molar-refractivity contribution is 5.84. The second kappa shape index (κ2) is 3.98. The summed E-state index contributed by atoms with van der Waals surface area (Å²) in [5.74, 6) is -0.477. The second-order valence-corrected chi connectivity index (χ2v) is 4.41. The van der Waals surface area contributed by atoms with Crippen LogP contribution in [0, 0.1) is 0 Å². The number of allylic oxidation sites excluding steroid dienone is 2. The van der Waals surface area contributed by atoms with Gasteiger partial charge in [-0.05, 0) is 17.7 Å². The van der Waals surface area contributed by atoms with Gasteiger partial charge in [0.2, 0.25) is 5.75 Å². The molecule has 98 valence electrons. The number of fused-ring (bicyclic) bond motifs is 2. The topological polar surface area (TPSA) is 82.0 Å². The highest BCUT2D eigenvalue weighted by Gasteiger charge is 2.28. The van der Waals surface area contributed by atoms with Crippen LogP contribution in [0.5, 0.6) is 17.2 Å². The van der Waals surface area contributed by atoms with E-state index in [2.05, 4.69) is 5.32 Å². The number of hydrogen-bond acceptors (Lipinski definition) is 5. The number of nitrogens with one attached hydrogen (secondary N) is 1. The standard InChI is InChI=1S/C14H13NO4/c1-19-11-4-2-3-7-5-8-9(15-12(7)11)6-10(16)14(18)13(8)17/h2-6,12,15-18H,1H3. The number of methoxy groups -OCH3 is 1. The number of ether oxygens (including phenoxy) is 1. The maximum atomic E-state index is 9.87. The van der Waals surface area contributed by atoms with Gasteiger partial charge < -0.3 is 25.4 Å². The summed E-state index contributed by atoms with van der Waals surface area (Å²) in [6.45, 7) is 0. The summed E-state index contributed by atoms with van der Waals surface area (Å²) in [4.78, 5) is 0. The Labute approximate surface area is 109 Å². The molecule has 5 heteroatoms. The lowest BCUT2D eigenvalue weighted by Crippen LogP contribution is -2.28. The van der Waals surface area contributed by atoms with Gasteiger partial charge in [0.25, 0.3) is 0 Å². The third-order valence-corrected chi connectivity index (χ3v) is 3.31. The van der Waals surface area contributed by atoms with Crippen LogP contribution < -0.4 is 5.32 Å². The first-order valence-corrected chi connectivity index (χ1v) is 5.80. The number of benzene rings is 1. The van der Waals surface area contributed by atoms with Gasteiger partial charge in [0.15, 0.2) is 11.5 Å². The molecule has 5 nitrogen and oxygen atoms in total. The minimum absolute atomic E-state index is 0.161. The Bertz CT molecular complexity index is 643. The van der Waals surface area contributed by atoms with Crippen LogP contribution in [0.1, 0.15) is 5.56 Å². The number of rotatable bonds is 1. The van der Waals surface area contributed by atoms with Gasteiger partial charge in [-0.15, -0.1) is 0 Å². The molecular formula is C14H13NO4. The Morgan fingerprint density at radius 1 is 1.21 bits per heavy atom. The number of aromatic hydroxyl groups is 3. The predicted molar refractivity (Wildman–Crippen MR) is 71.1 cm³/mol. The average molecular weight is 259 g/mol. The molecule has 3 rings (SSSR count). The normalized spacial score (nSPS) is 19.7. The molecule has 2 aliphatic rings. The molecule has 19 heavy (non-hydrogen) atoms. The highest BCUT2D eigenvalue weighted by atomic mass is 16.5. The third-order valence-electron chi connectivity index (χ3n) is 3.31. The molecule has 1 unspecified atom stereocenters. The Kier molecular flexibility index (Phi) is 2.41. The zero-order chi connectivity index (χ0) is 13.6. The summed E-state index contributed by atoms with van der Waals surface area (Å²) in [6, 6.07) is 1.22. The van der Waals surface area contributed by atoms with E-state index in [1.165, 1.54) is 6.07 Å². The summed E-state index contributed by atoms with van der Waals surface area (Å²) >= 11 is 0. The van der Waals surface area contributed by atoms with Crippen LogP contribution in [0.25, 0.3) is 6.08 Å². The Morgan fingerprint density at radius 3 is 2.74 bits per heavy atom. The van der Waals surface area contributed by atoms with Crippen LogP contribution in [0.3, 0.4) is 0 Å². The molecule has 0 spiro atoms. The van der Waals surface area contributed by atoms with Crippen molar-refractivity contribution in [1.29, 1.82) is 0 Å². The molecule has 1 heterocycles. The Balaban J connectivity index is 2.15. The van der Waals surface area contributed by atoms with E-state index in [4.69, 9.17) is 4.74 Å². The van der Waals surface area contributed by atoms with Crippen LogP contribution in [0.15, 0.2) is 35.6 Å². The maximum absolute atomic E-state index is 9.87. The lowest BCUT2D eigenvalue weighted by Gasteiger charge is -2.30. The SMILES string of the molecule is COC1=CC=CC2=Cc3c(cc(O)c(O)c3O)NC21. The van der Waals surface area contributed by atoms with Crippen molar-refractivity contribution in [3.8, 4) is 17.2 Å². The van der Waals surface area contributed by atoms with E-state index in [0.717, 1.165) is 11.3 Å². The first-order chi connectivity index (χ1) is 9.11. The molecule has 1 aromatic carbocycles. The fraction of sp³-hybridized carbons (Fsp3) is 0.143. The van der Waals surface area contributed by atoms with Gasteiger partial charge >= 0.3 is 0 Å². The first kappa shape index (κ1) is 11.5. The summed E-state index contributed by atoms with van der Waals surface area (Å²) in [7, 11) is 1.59. The van der Waals surface area contributed by atoms with Crippen LogP contribution in [-0.2, 0) is 4.74 Å². The van der Waals surface area contributed by atoms with E-state index in [0.29, 0.717) is 11.3 Å². The van der Waals surface area contributed by atoms with Gasteiger partial charge in [0.05, 0.1) is 7.11 Å². The fourth-order valence-electron chi connectivity index (χ4n) is 2.33. The molecule has 0 bridgehead atoms. The molecule has 0 amide bonds. The molecule has 0 fully saturated rings.